The normalized spacial score (nSPS) is 41.1. The van der Waals surface area contributed by atoms with Crippen LogP contribution in [0.4, 0.5) is 5.69 Å². The molecule has 4 heteroatoms. The van der Waals surface area contributed by atoms with Gasteiger partial charge in [-0.25, -0.2) is 0 Å². The number of aliphatic hydroxyl groups is 2. The van der Waals surface area contributed by atoms with E-state index in [-0.39, 0.29) is 28.9 Å². The van der Waals surface area contributed by atoms with Gasteiger partial charge < -0.3 is 15.5 Å². The molecule has 3 N–H and O–H groups in total. The Kier molecular flexibility index (Phi) is 8.32. The van der Waals surface area contributed by atoms with E-state index < -0.39 is 0 Å². The first-order valence-electron chi connectivity index (χ1n) is 15.9. The molecule has 10 atom stereocenters. The molecular weight excluding hydrogens is 470 g/mol. The Hall–Kier alpha value is -1.39. The number of hydrogen-bond acceptors (Lipinski definition) is 3. The third-order valence-electron chi connectivity index (χ3n) is 12.3. The number of anilines is 1. The van der Waals surface area contributed by atoms with E-state index >= 15 is 0 Å². The Morgan fingerprint density at radius 2 is 1.71 bits per heavy atom. The molecule has 0 saturated heterocycles. The monoisotopic (exact) mass is 523 g/mol. The molecule has 4 aliphatic carbocycles. The van der Waals surface area contributed by atoms with Crippen LogP contribution in [0.1, 0.15) is 110 Å². The molecule has 4 fully saturated rings. The highest BCUT2D eigenvalue weighted by atomic mass is 16.3. The maximum Gasteiger partial charge on any atom is 0.224 e. The van der Waals surface area contributed by atoms with Crippen molar-refractivity contribution in [1.82, 2.24) is 0 Å². The quantitative estimate of drug-likeness (QED) is 0.333. The zero-order valence-corrected chi connectivity index (χ0v) is 24.4. The van der Waals surface area contributed by atoms with Gasteiger partial charge in [-0.05, 0) is 135 Å². The molecule has 1 aromatic carbocycles. The SMILES string of the molecule is CCCCc1ccc(NC(=O)CC[C@@H](C)[C@H]2CC[C@H]3[C@@H]4[C@@H](O)C[C@@H]5C[C@H](O)CC[C@]5(C)[C@H]4CC[C@]23C)cc1. The molecule has 212 valence electrons. The number of benzene rings is 1. The molecule has 0 spiro atoms. The van der Waals surface area contributed by atoms with Crippen molar-refractivity contribution < 1.29 is 15.0 Å². The van der Waals surface area contributed by atoms with Crippen molar-refractivity contribution in [3.05, 3.63) is 29.8 Å². The van der Waals surface area contributed by atoms with Crippen LogP contribution in [-0.4, -0.2) is 28.3 Å². The topological polar surface area (TPSA) is 69.6 Å². The van der Waals surface area contributed by atoms with Gasteiger partial charge in [0.25, 0.3) is 0 Å². The van der Waals surface area contributed by atoms with Gasteiger partial charge in [-0.3, -0.25) is 4.79 Å². The summed E-state index contributed by atoms with van der Waals surface area (Å²) in [6.45, 7) is 9.60. The summed E-state index contributed by atoms with van der Waals surface area (Å²) in [4.78, 5) is 12.8. The predicted octanol–water partition coefficient (Wildman–Crippen LogP) is 7.37. The number of aryl methyl sites for hydroxylation is 1. The minimum Gasteiger partial charge on any atom is -0.393 e. The molecule has 5 rings (SSSR count). The van der Waals surface area contributed by atoms with Gasteiger partial charge in [0.2, 0.25) is 5.91 Å². The Labute approximate surface area is 231 Å². The molecule has 1 amide bonds. The van der Waals surface area contributed by atoms with E-state index in [1.165, 1.54) is 44.1 Å². The van der Waals surface area contributed by atoms with Crippen LogP contribution in [0.2, 0.25) is 0 Å². The van der Waals surface area contributed by atoms with E-state index in [4.69, 9.17) is 0 Å². The number of hydrogen-bond donors (Lipinski definition) is 3. The van der Waals surface area contributed by atoms with Crippen molar-refractivity contribution >= 4 is 11.6 Å². The van der Waals surface area contributed by atoms with Crippen LogP contribution < -0.4 is 5.32 Å². The highest BCUT2D eigenvalue weighted by molar-refractivity contribution is 5.90. The summed E-state index contributed by atoms with van der Waals surface area (Å²) in [5, 5.41) is 24.9. The Bertz CT molecular complexity index is 961. The zero-order chi connectivity index (χ0) is 27.1. The highest BCUT2D eigenvalue weighted by Crippen LogP contribution is 2.68. The summed E-state index contributed by atoms with van der Waals surface area (Å²) in [6.07, 6.45) is 13.3. The Balaban J connectivity index is 1.18. The van der Waals surface area contributed by atoms with Crippen LogP contribution in [-0.2, 0) is 11.2 Å². The van der Waals surface area contributed by atoms with Crippen molar-refractivity contribution in [3.63, 3.8) is 0 Å². The minimum absolute atomic E-state index is 0.128. The van der Waals surface area contributed by atoms with Crippen molar-refractivity contribution in [2.75, 3.05) is 5.32 Å². The number of aliphatic hydroxyl groups excluding tert-OH is 2. The number of unbranched alkanes of at least 4 members (excludes halogenated alkanes) is 1. The van der Waals surface area contributed by atoms with Crippen LogP contribution >= 0.6 is 0 Å². The van der Waals surface area contributed by atoms with Crippen molar-refractivity contribution in [1.29, 1.82) is 0 Å². The maximum absolute atomic E-state index is 12.8. The fourth-order valence-corrected chi connectivity index (χ4v) is 10.1. The lowest BCUT2D eigenvalue weighted by Crippen LogP contribution is -2.58. The van der Waals surface area contributed by atoms with E-state index in [1.807, 2.05) is 12.1 Å². The molecule has 1 aromatic rings. The van der Waals surface area contributed by atoms with Crippen molar-refractivity contribution in [3.8, 4) is 0 Å². The highest BCUT2D eigenvalue weighted by Gasteiger charge is 2.62. The van der Waals surface area contributed by atoms with Crippen LogP contribution in [0.5, 0.6) is 0 Å². The predicted molar refractivity (Wildman–Crippen MR) is 155 cm³/mol. The molecule has 4 saturated carbocycles. The van der Waals surface area contributed by atoms with Gasteiger partial charge in [-0.1, -0.05) is 46.2 Å². The Morgan fingerprint density at radius 3 is 2.45 bits per heavy atom. The second-order valence-corrected chi connectivity index (χ2v) is 14.3. The lowest BCUT2D eigenvalue weighted by Gasteiger charge is -2.62. The van der Waals surface area contributed by atoms with E-state index in [0.717, 1.165) is 44.2 Å². The summed E-state index contributed by atoms with van der Waals surface area (Å²) in [5.74, 6) is 3.33. The molecule has 0 radical (unpaired) electrons. The van der Waals surface area contributed by atoms with Gasteiger partial charge in [0, 0.05) is 12.1 Å². The first-order valence-corrected chi connectivity index (χ1v) is 15.9. The van der Waals surface area contributed by atoms with Gasteiger partial charge in [-0.2, -0.15) is 0 Å². The van der Waals surface area contributed by atoms with Crippen LogP contribution in [0.25, 0.3) is 0 Å². The van der Waals surface area contributed by atoms with E-state index in [2.05, 4.69) is 45.1 Å². The maximum atomic E-state index is 12.8. The molecule has 0 bridgehead atoms. The molecule has 0 unspecified atom stereocenters. The van der Waals surface area contributed by atoms with Gasteiger partial charge in [0.1, 0.15) is 0 Å². The molecule has 0 aromatic heterocycles. The number of nitrogens with one attached hydrogen (secondary N) is 1. The Morgan fingerprint density at radius 1 is 1.00 bits per heavy atom. The largest absolute Gasteiger partial charge is 0.393 e. The van der Waals surface area contributed by atoms with Crippen LogP contribution in [0.15, 0.2) is 24.3 Å². The standard InChI is InChI=1S/C34H53NO3/c1-5-6-7-23-9-11-25(12-10-23)35-31(38)15-8-22(2)27-13-14-28-32-29(17-19-34(27,28)4)33(3)18-16-26(36)20-24(33)21-30(32)37/h9-12,22,24,26-30,32,36-37H,5-8,13-21H2,1-4H3,(H,35,38)/t22-,24+,26-,27-,28+,29+,30+,32+,33+,34-/m1/s1. The van der Waals surface area contributed by atoms with Gasteiger partial charge in [-0.15, -0.1) is 0 Å². The smallest absolute Gasteiger partial charge is 0.224 e. The molecule has 38 heavy (non-hydrogen) atoms. The summed E-state index contributed by atoms with van der Waals surface area (Å²) >= 11 is 0. The number of carbonyl (C=O) groups is 1. The average molecular weight is 524 g/mol. The number of carbonyl (C=O) groups excluding carboxylic acids is 1. The van der Waals surface area contributed by atoms with E-state index in [9.17, 15) is 15.0 Å². The van der Waals surface area contributed by atoms with Gasteiger partial charge in [0.15, 0.2) is 0 Å². The first kappa shape index (κ1) is 28.1. The number of rotatable bonds is 8. The minimum atomic E-state index is -0.221. The van der Waals surface area contributed by atoms with Gasteiger partial charge in [0.05, 0.1) is 12.2 Å². The van der Waals surface area contributed by atoms with Gasteiger partial charge >= 0.3 is 0 Å². The summed E-state index contributed by atoms with van der Waals surface area (Å²) in [6, 6.07) is 8.37. The average Bonchev–Trinajstić information content (AvgIpc) is 3.25. The number of fused-ring (bicyclic) bond motifs is 5. The molecular formula is C34H53NO3. The summed E-state index contributed by atoms with van der Waals surface area (Å²) < 4.78 is 0. The third kappa shape index (κ3) is 5.21. The van der Waals surface area contributed by atoms with E-state index in [0.29, 0.717) is 41.9 Å². The van der Waals surface area contributed by atoms with E-state index in [1.54, 1.807) is 0 Å². The third-order valence-corrected chi connectivity index (χ3v) is 12.3. The van der Waals surface area contributed by atoms with Crippen LogP contribution in [0, 0.1) is 46.3 Å². The summed E-state index contributed by atoms with van der Waals surface area (Å²) in [5.41, 5.74) is 2.79. The fourth-order valence-electron chi connectivity index (χ4n) is 10.1. The fraction of sp³-hybridized carbons (Fsp3) is 0.794. The van der Waals surface area contributed by atoms with Crippen molar-refractivity contribution in [2.45, 2.75) is 123 Å². The second-order valence-electron chi connectivity index (χ2n) is 14.3. The molecule has 4 aliphatic rings. The molecule has 0 aliphatic heterocycles. The lowest BCUT2D eigenvalue weighted by atomic mass is 9.43. The second kappa shape index (κ2) is 11.2. The van der Waals surface area contributed by atoms with Crippen LogP contribution in [0.3, 0.4) is 0 Å². The first-order chi connectivity index (χ1) is 18.2. The number of amides is 1. The zero-order valence-electron chi connectivity index (χ0n) is 24.4. The van der Waals surface area contributed by atoms with Crippen molar-refractivity contribution in [2.24, 2.45) is 46.3 Å². The molecule has 4 nitrogen and oxygen atoms in total. The summed E-state index contributed by atoms with van der Waals surface area (Å²) in [7, 11) is 0. The molecule has 0 heterocycles. The lowest BCUT2D eigenvalue weighted by molar-refractivity contribution is -0.174.